The van der Waals surface area contributed by atoms with Crippen molar-refractivity contribution < 1.29 is 9.26 Å². The second-order valence-electron chi connectivity index (χ2n) is 4.54. The van der Waals surface area contributed by atoms with Gasteiger partial charge in [0.2, 0.25) is 17.6 Å². The van der Waals surface area contributed by atoms with E-state index in [1.54, 1.807) is 6.07 Å². The number of halogens is 1. The van der Waals surface area contributed by atoms with E-state index in [2.05, 4.69) is 27.0 Å². The standard InChI is InChI=1S/C12H17N5O2.ClH/c1-4-5-12(2,13)11-16-10(17-19-11)8-6-9(18-3)15-7-14-8;/h6-7H,4-5,13H2,1-3H3;1H. The molecule has 110 valence electrons. The van der Waals surface area contributed by atoms with Crippen LogP contribution in [0.1, 0.15) is 32.6 Å². The molecule has 0 amide bonds. The van der Waals surface area contributed by atoms with Crippen LogP contribution in [0.3, 0.4) is 0 Å². The number of hydrogen-bond acceptors (Lipinski definition) is 7. The third-order valence-electron chi connectivity index (χ3n) is 2.76. The molecular weight excluding hydrogens is 282 g/mol. The highest BCUT2D eigenvalue weighted by molar-refractivity contribution is 5.85. The SMILES string of the molecule is CCCC(C)(N)c1nc(-c2cc(OC)ncn2)no1.Cl. The summed E-state index contributed by atoms with van der Waals surface area (Å²) in [5, 5.41) is 3.90. The zero-order valence-electron chi connectivity index (χ0n) is 11.7. The fraction of sp³-hybridized carbons (Fsp3) is 0.500. The van der Waals surface area contributed by atoms with E-state index in [0.29, 0.717) is 23.3 Å². The lowest BCUT2D eigenvalue weighted by atomic mass is 9.98. The molecule has 0 saturated carbocycles. The molecule has 2 aromatic heterocycles. The highest BCUT2D eigenvalue weighted by Gasteiger charge is 2.27. The number of hydrogen-bond donors (Lipinski definition) is 1. The molecule has 2 aromatic rings. The highest BCUT2D eigenvalue weighted by Crippen LogP contribution is 2.24. The molecule has 0 fully saturated rings. The molecule has 0 saturated heterocycles. The van der Waals surface area contributed by atoms with Gasteiger partial charge in [0.05, 0.1) is 12.6 Å². The smallest absolute Gasteiger partial charge is 0.246 e. The van der Waals surface area contributed by atoms with Gasteiger partial charge >= 0.3 is 0 Å². The van der Waals surface area contributed by atoms with Gasteiger partial charge in [0.15, 0.2) is 0 Å². The van der Waals surface area contributed by atoms with Gasteiger partial charge in [0, 0.05) is 6.07 Å². The van der Waals surface area contributed by atoms with Crippen LogP contribution in [0.25, 0.3) is 11.5 Å². The van der Waals surface area contributed by atoms with E-state index in [9.17, 15) is 0 Å². The van der Waals surface area contributed by atoms with Crippen LogP contribution in [0.5, 0.6) is 5.88 Å². The van der Waals surface area contributed by atoms with Crippen LogP contribution >= 0.6 is 12.4 Å². The molecule has 2 N–H and O–H groups in total. The van der Waals surface area contributed by atoms with Crippen molar-refractivity contribution >= 4 is 12.4 Å². The molecule has 0 aromatic carbocycles. The average molecular weight is 300 g/mol. The summed E-state index contributed by atoms with van der Waals surface area (Å²) < 4.78 is 10.2. The van der Waals surface area contributed by atoms with E-state index in [0.717, 1.165) is 12.8 Å². The molecule has 2 rings (SSSR count). The number of methoxy groups -OCH3 is 1. The normalized spacial score (nSPS) is 13.4. The number of rotatable bonds is 5. The lowest BCUT2D eigenvalue weighted by Gasteiger charge is -2.18. The van der Waals surface area contributed by atoms with Gasteiger partial charge in [-0.3, -0.25) is 0 Å². The van der Waals surface area contributed by atoms with Crippen LogP contribution in [0.15, 0.2) is 16.9 Å². The first kappa shape index (κ1) is 16.3. The molecule has 1 atom stereocenters. The Bertz CT molecular complexity index is 558. The second-order valence-corrected chi connectivity index (χ2v) is 4.54. The fourth-order valence-corrected chi connectivity index (χ4v) is 1.76. The predicted octanol–water partition coefficient (Wildman–Crippen LogP) is 1.93. The first-order chi connectivity index (χ1) is 9.06. The Kier molecular flexibility index (Phi) is 5.41. The zero-order chi connectivity index (χ0) is 13.9. The van der Waals surface area contributed by atoms with E-state index in [1.807, 2.05) is 6.92 Å². The van der Waals surface area contributed by atoms with Crippen molar-refractivity contribution in [2.24, 2.45) is 5.73 Å². The van der Waals surface area contributed by atoms with E-state index < -0.39 is 5.54 Å². The molecule has 0 bridgehead atoms. The largest absolute Gasteiger partial charge is 0.481 e. The molecule has 20 heavy (non-hydrogen) atoms. The Morgan fingerprint density at radius 1 is 1.40 bits per heavy atom. The molecule has 0 spiro atoms. The fourth-order valence-electron chi connectivity index (χ4n) is 1.76. The molecule has 0 aliphatic carbocycles. The third-order valence-corrected chi connectivity index (χ3v) is 2.76. The summed E-state index contributed by atoms with van der Waals surface area (Å²) in [6.07, 6.45) is 3.09. The van der Waals surface area contributed by atoms with Crippen molar-refractivity contribution in [1.29, 1.82) is 0 Å². The maximum atomic E-state index is 6.14. The molecule has 8 heteroatoms. The summed E-state index contributed by atoms with van der Waals surface area (Å²) in [4.78, 5) is 12.3. The highest BCUT2D eigenvalue weighted by atomic mass is 35.5. The van der Waals surface area contributed by atoms with E-state index in [1.165, 1.54) is 13.4 Å². The van der Waals surface area contributed by atoms with Crippen molar-refractivity contribution in [3.8, 4) is 17.4 Å². The van der Waals surface area contributed by atoms with E-state index >= 15 is 0 Å². The Morgan fingerprint density at radius 2 is 2.15 bits per heavy atom. The third kappa shape index (κ3) is 3.43. The van der Waals surface area contributed by atoms with E-state index in [4.69, 9.17) is 15.0 Å². The first-order valence-corrected chi connectivity index (χ1v) is 6.06. The van der Waals surface area contributed by atoms with E-state index in [-0.39, 0.29) is 12.4 Å². The van der Waals surface area contributed by atoms with Crippen molar-refractivity contribution in [3.05, 3.63) is 18.3 Å². The van der Waals surface area contributed by atoms with Crippen molar-refractivity contribution in [3.63, 3.8) is 0 Å². The lowest BCUT2D eigenvalue weighted by Crippen LogP contribution is -2.33. The minimum absolute atomic E-state index is 0. The second kappa shape index (κ2) is 6.62. The zero-order valence-corrected chi connectivity index (χ0v) is 12.5. The summed E-state index contributed by atoms with van der Waals surface area (Å²) in [6, 6.07) is 1.64. The molecule has 2 heterocycles. The lowest BCUT2D eigenvalue weighted by molar-refractivity contribution is 0.284. The van der Waals surface area contributed by atoms with Gasteiger partial charge < -0.3 is 15.0 Å². The number of nitrogens with two attached hydrogens (primary N) is 1. The summed E-state index contributed by atoms with van der Waals surface area (Å²) >= 11 is 0. The van der Waals surface area contributed by atoms with Gasteiger partial charge in [0.1, 0.15) is 12.0 Å². The quantitative estimate of drug-likeness (QED) is 0.900. The van der Waals surface area contributed by atoms with Gasteiger partial charge in [-0.05, 0) is 13.3 Å². The molecule has 7 nitrogen and oxygen atoms in total. The Morgan fingerprint density at radius 3 is 2.80 bits per heavy atom. The van der Waals surface area contributed by atoms with Gasteiger partial charge in [0.25, 0.3) is 0 Å². The van der Waals surface area contributed by atoms with Crippen molar-refractivity contribution in [1.82, 2.24) is 20.1 Å². The Hall–Kier alpha value is -1.73. The molecule has 0 aliphatic rings. The predicted molar refractivity (Wildman–Crippen MR) is 75.6 cm³/mol. The van der Waals surface area contributed by atoms with Crippen LogP contribution in [0, 0.1) is 0 Å². The number of ether oxygens (including phenoxy) is 1. The molecule has 0 aliphatic heterocycles. The minimum Gasteiger partial charge on any atom is -0.481 e. The van der Waals surface area contributed by atoms with Crippen LogP contribution in [0.2, 0.25) is 0 Å². The molecule has 1 unspecified atom stereocenters. The topological polar surface area (TPSA) is 100.0 Å². The maximum Gasteiger partial charge on any atom is 0.246 e. The van der Waals surface area contributed by atoms with Gasteiger partial charge in [-0.2, -0.15) is 4.98 Å². The van der Waals surface area contributed by atoms with Crippen molar-refractivity contribution in [2.45, 2.75) is 32.2 Å². The summed E-state index contributed by atoms with van der Waals surface area (Å²) in [6.45, 7) is 3.92. The average Bonchev–Trinajstić information content (AvgIpc) is 2.89. The Balaban J connectivity index is 0.00000200. The van der Waals surface area contributed by atoms with Crippen LogP contribution < -0.4 is 10.5 Å². The maximum absolute atomic E-state index is 6.14. The van der Waals surface area contributed by atoms with Crippen LogP contribution in [0.4, 0.5) is 0 Å². The summed E-state index contributed by atoms with van der Waals surface area (Å²) in [7, 11) is 1.53. The van der Waals surface area contributed by atoms with Crippen molar-refractivity contribution in [2.75, 3.05) is 7.11 Å². The summed E-state index contributed by atoms with van der Waals surface area (Å²) in [5.74, 6) is 1.23. The van der Waals surface area contributed by atoms with Crippen LogP contribution in [-0.2, 0) is 5.54 Å². The van der Waals surface area contributed by atoms with Gasteiger partial charge in [-0.25, -0.2) is 9.97 Å². The number of nitrogens with zero attached hydrogens (tertiary/aromatic N) is 4. The number of aromatic nitrogens is 4. The minimum atomic E-state index is -0.628. The monoisotopic (exact) mass is 299 g/mol. The molecule has 0 radical (unpaired) electrons. The molecular formula is C12H18ClN5O2. The van der Waals surface area contributed by atoms with Crippen LogP contribution in [-0.4, -0.2) is 27.2 Å². The van der Waals surface area contributed by atoms with Gasteiger partial charge in [-0.15, -0.1) is 12.4 Å². The Labute approximate surface area is 123 Å². The van der Waals surface area contributed by atoms with Gasteiger partial charge in [-0.1, -0.05) is 18.5 Å². The first-order valence-electron chi connectivity index (χ1n) is 6.06. The summed E-state index contributed by atoms with van der Waals surface area (Å²) in [5.41, 5.74) is 6.05.